The molecule has 3 amide bonds. The average Bonchev–Trinajstić information content (AvgIpc) is 2.51. The van der Waals surface area contributed by atoms with Crippen LogP contribution in [0.2, 0.25) is 0 Å². The molecule has 7 heteroatoms. The third kappa shape index (κ3) is 5.05. The van der Waals surface area contributed by atoms with Crippen molar-refractivity contribution >= 4 is 57.4 Å². The highest BCUT2D eigenvalue weighted by atomic mass is 127. The maximum Gasteiger partial charge on any atom is 0.314 e. The quantitative estimate of drug-likeness (QED) is 0.510. The van der Waals surface area contributed by atoms with Crippen molar-refractivity contribution in [2.24, 2.45) is 0 Å². The summed E-state index contributed by atoms with van der Waals surface area (Å²) < 4.78 is 1.05. The number of nitrogens with one attached hydrogen (secondary N) is 3. The van der Waals surface area contributed by atoms with E-state index in [9.17, 15) is 14.4 Å². The van der Waals surface area contributed by atoms with Gasteiger partial charge in [0.25, 0.3) is 0 Å². The Labute approximate surface area is 153 Å². The monoisotopic (exact) mass is 437 g/mol. The van der Waals surface area contributed by atoms with Crippen molar-refractivity contribution in [3.63, 3.8) is 0 Å². The van der Waals surface area contributed by atoms with Crippen molar-refractivity contribution in [2.45, 2.75) is 13.8 Å². The van der Waals surface area contributed by atoms with Crippen LogP contribution in [0.15, 0.2) is 42.5 Å². The summed E-state index contributed by atoms with van der Waals surface area (Å²) in [4.78, 5) is 34.9. The van der Waals surface area contributed by atoms with Gasteiger partial charge in [-0.15, -0.1) is 0 Å². The molecular weight excluding hydrogens is 421 g/mol. The maximum absolute atomic E-state index is 12.0. The van der Waals surface area contributed by atoms with Crippen molar-refractivity contribution in [2.75, 3.05) is 16.0 Å². The molecule has 0 spiro atoms. The summed E-state index contributed by atoms with van der Waals surface area (Å²) in [5.41, 5.74) is 2.54. The number of aryl methyl sites for hydroxylation is 1. The average molecular weight is 437 g/mol. The molecule has 0 unspecified atom stereocenters. The summed E-state index contributed by atoms with van der Waals surface area (Å²) in [6, 6.07) is 12.0. The molecule has 24 heavy (non-hydrogen) atoms. The molecule has 0 atom stereocenters. The van der Waals surface area contributed by atoms with E-state index in [0.29, 0.717) is 17.1 Å². The highest BCUT2D eigenvalue weighted by Gasteiger charge is 2.15. The number of halogens is 1. The lowest BCUT2D eigenvalue weighted by Crippen LogP contribution is -2.29. The van der Waals surface area contributed by atoms with Crippen LogP contribution in [0.1, 0.15) is 12.5 Å². The van der Waals surface area contributed by atoms with Crippen LogP contribution >= 0.6 is 22.6 Å². The van der Waals surface area contributed by atoms with Crippen molar-refractivity contribution in [3.8, 4) is 0 Å². The third-order valence-corrected chi connectivity index (χ3v) is 3.78. The van der Waals surface area contributed by atoms with E-state index in [1.165, 1.54) is 6.92 Å². The Kier molecular flexibility index (Phi) is 5.91. The predicted octanol–water partition coefficient (Wildman–Crippen LogP) is 3.14. The van der Waals surface area contributed by atoms with Gasteiger partial charge in [0.15, 0.2) is 0 Å². The van der Waals surface area contributed by atoms with E-state index in [4.69, 9.17) is 0 Å². The number of hydrogen-bond donors (Lipinski definition) is 3. The van der Waals surface area contributed by atoms with Gasteiger partial charge in [0, 0.05) is 27.6 Å². The summed E-state index contributed by atoms with van der Waals surface area (Å²) in [5, 5.41) is 7.71. The van der Waals surface area contributed by atoms with Gasteiger partial charge in [-0.3, -0.25) is 14.4 Å². The molecule has 124 valence electrons. The lowest BCUT2D eigenvalue weighted by atomic mass is 10.2. The molecule has 0 aromatic heterocycles. The number of carbonyl (C=O) groups is 3. The van der Waals surface area contributed by atoms with Gasteiger partial charge in [-0.2, -0.15) is 0 Å². The molecule has 0 bridgehead atoms. The van der Waals surface area contributed by atoms with E-state index in [1.807, 2.05) is 19.1 Å². The fraction of sp³-hybridized carbons (Fsp3) is 0.118. The largest absolute Gasteiger partial charge is 0.326 e. The first kappa shape index (κ1) is 17.9. The number of benzene rings is 2. The second-order valence-corrected chi connectivity index (χ2v) is 6.37. The zero-order chi connectivity index (χ0) is 17.7. The van der Waals surface area contributed by atoms with E-state index in [1.54, 1.807) is 30.3 Å². The second-order valence-electron chi connectivity index (χ2n) is 5.13. The number of anilines is 3. The van der Waals surface area contributed by atoms with Crippen LogP contribution in [0.3, 0.4) is 0 Å². The van der Waals surface area contributed by atoms with Crippen molar-refractivity contribution in [3.05, 3.63) is 51.6 Å². The first-order valence-corrected chi connectivity index (χ1v) is 8.19. The van der Waals surface area contributed by atoms with Gasteiger partial charge in [0.1, 0.15) is 0 Å². The molecule has 0 saturated carbocycles. The normalized spacial score (nSPS) is 9.96. The summed E-state index contributed by atoms with van der Waals surface area (Å²) in [6.45, 7) is 3.27. The Bertz CT molecular complexity index is 788. The highest BCUT2D eigenvalue weighted by Crippen LogP contribution is 2.18. The first-order valence-electron chi connectivity index (χ1n) is 7.11. The lowest BCUT2D eigenvalue weighted by molar-refractivity contribution is -0.133. The van der Waals surface area contributed by atoms with Crippen LogP contribution < -0.4 is 16.0 Å². The van der Waals surface area contributed by atoms with E-state index >= 15 is 0 Å². The van der Waals surface area contributed by atoms with Gasteiger partial charge >= 0.3 is 11.8 Å². The van der Waals surface area contributed by atoms with Crippen LogP contribution in [0.25, 0.3) is 0 Å². The van der Waals surface area contributed by atoms with E-state index in [0.717, 1.165) is 9.13 Å². The minimum atomic E-state index is -0.764. The number of hydrogen-bond acceptors (Lipinski definition) is 3. The van der Waals surface area contributed by atoms with Gasteiger partial charge in [0.05, 0.1) is 0 Å². The van der Waals surface area contributed by atoms with Gasteiger partial charge in [0.2, 0.25) is 5.91 Å². The SMILES string of the molecule is CC(=O)Nc1ccc(NC(=O)C(=O)Nc2ccc(I)cc2C)cc1. The smallest absolute Gasteiger partial charge is 0.314 e. The number of rotatable bonds is 3. The Morgan fingerprint density at radius 1 is 0.833 bits per heavy atom. The fourth-order valence-corrected chi connectivity index (χ4v) is 2.62. The van der Waals surface area contributed by atoms with Gasteiger partial charge in [-0.1, -0.05) is 0 Å². The number of carbonyl (C=O) groups excluding carboxylic acids is 3. The van der Waals surface area contributed by atoms with E-state index < -0.39 is 11.8 Å². The molecule has 2 rings (SSSR count). The number of amides is 3. The van der Waals surface area contributed by atoms with Gasteiger partial charge in [-0.05, 0) is 77.5 Å². The van der Waals surface area contributed by atoms with Crippen LogP contribution in [0.4, 0.5) is 17.1 Å². The van der Waals surface area contributed by atoms with E-state index in [2.05, 4.69) is 38.5 Å². The summed E-state index contributed by atoms with van der Waals surface area (Å²) >= 11 is 2.18. The standard InChI is InChI=1S/C17H16IN3O3/c1-10-9-12(18)3-8-15(10)21-17(24)16(23)20-14-6-4-13(5-7-14)19-11(2)22/h3-9H,1-2H3,(H,19,22)(H,20,23)(H,21,24). The maximum atomic E-state index is 12.0. The van der Waals surface area contributed by atoms with Crippen molar-refractivity contribution < 1.29 is 14.4 Å². The molecule has 0 radical (unpaired) electrons. The highest BCUT2D eigenvalue weighted by molar-refractivity contribution is 14.1. The lowest BCUT2D eigenvalue weighted by Gasteiger charge is -2.09. The minimum absolute atomic E-state index is 0.181. The van der Waals surface area contributed by atoms with Gasteiger partial charge < -0.3 is 16.0 Å². The molecule has 2 aromatic carbocycles. The molecule has 0 aliphatic heterocycles. The van der Waals surface area contributed by atoms with Gasteiger partial charge in [-0.25, -0.2) is 0 Å². The van der Waals surface area contributed by atoms with Crippen LogP contribution in [0, 0.1) is 10.5 Å². The summed E-state index contributed by atoms with van der Waals surface area (Å²) in [7, 11) is 0. The van der Waals surface area contributed by atoms with Crippen LogP contribution in [-0.2, 0) is 14.4 Å². The molecule has 0 aliphatic carbocycles. The summed E-state index contributed by atoms with van der Waals surface area (Å²) in [6.07, 6.45) is 0. The zero-order valence-electron chi connectivity index (χ0n) is 13.1. The Balaban J connectivity index is 1.98. The van der Waals surface area contributed by atoms with Crippen molar-refractivity contribution in [1.82, 2.24) is 0 Å². The molecule has 2 aromatic rings. The first-order chi connectivity index (χ1) is 11.3. The predicted molar refractivity (Wildman–Crippen MR) is 102 cm³/mol. The Morgan fingerprint density at radius 3 is 1.92 bits per heavy atom. The Hall–Kier alpha value is -2.42. The third-order valence-electron chi connectivity index (χ3n) is 3.11. The van der Waals surface area contributed by atoms with Crippen LogP contribution in [-0.4, -0.2) is 17.7 Å². The fourth-order valence-electron chi connectivity index (χ4n) is 1.97. The second kappa shape index (κ2) is 7.91. The molecule has 6 nitrogen and oxygen atoms in total. The molecule has 3 N–H and O–H groups in total. The molecule has 0 saturated heterocycles. The minimum Gasteiger partial charge on any atom is -0.326 e. The van der Waals surface area contributed by atoms with Crippen LogP contribution in [0.5, 0.6) is 0 Å². The zero-order valence-corrected chi connectivity index (χ0v) is 15.3. The summed E-state index contributed by atoms with van der Waals surface area (Å²) in [5.74, 6) is -1.69. The van der Waals surface area contributed by atoms with E-state index in [-0.39, 0.29) is 5.91 Å². The molecule has 0 aliphatic rings. The van der Waals surface area contributed by atoms with Crippen molar-refractivity contribution in [1.29, 1.82) is 0 Å². The molecular formula is C17H16IN3O3. The Morgan fingerprint density at radius 2 is 1.38 bits per heavy atom. The topological polar surface area (TPSA) is 87.3 Å². The molecule has 0 fully saturated rings. The molecule has 0 heterocycles.